The molecule has 2 nitrogen and oxygen atoms in total. The fourth-order valence-electron chi connectivity index (χ4n) is 2.57. The summed E-state index contributed by atoms with van der Waals surface area (Å²) in [5, 5.41) is 0. The van der Waals surface area contributed by atoms with Crippen molar-refractivity contribution in [3.8, 4) is 0 Å². The second kappa shape index (κ2) is 4.54. The van der Waals surface area contributed by atoms with Crippen LogP contribution in [0.2, 0.25) is 0 Å². The normalized spacial score (nSPS) is 24.3. The monoisotopic (exact) mass is 276 g/mol. The smallest absolute Gasteiger partial charge is 0.399 e. The molecule has 0 radical (unpaired) electrons. The fraction of sp³-hybridized carbons (Fsp3) is 0.600. The van der Waals surface area contributed by atoms with Crippen molar-refractivity contribution in [2.24, 2.45) is 0 Å². The summed E-state index contributed by atoms with van der Waals surface area (Å²) < 4.78 is 12.4. The predicted octanol–water partition coefficient (Wildman–Crippen LogP) is 3.02. The second-order valence-electron chi connectivity index (χ2n) is 6.38. The fourth-order valence-corrected chi connectivity index (χ4v) is 3.75. The van der Waals surface area contributed by atoms with E-state index in [0.29, 0.717) is 0 Å². The van der Waals surface area contributed by atoms with Gasteiger partial charge in [-0.25, -0.2) is 0 Å². The van der Waals surface area contributed by atoms with Crippen LogP contribution in [0.15, 0.2) is 23.1 Å². The maximum atomic E-state index is 6.18. The Morgan fingerprint density at radius 1 is 1.11 bits per heavy atom. The lowest BCUT2D eigenvalue weighted by atomic mass is 9.78. The van der Waals surface area contributed by atoms with Crippen LogP contribution < -0.4 is 5.46 Å². The molecule has 3 rings (SSSR count). The molecule has 0 bridgehead atoms. The van der Waals surface area contributed by atoms with Gasteiger partial charge in [0.15, 0.2) is 0 Å². The molecule has 0 N–H and O–H groups in total. The van der Waals surface area contributed by atoms with Crippen LogP contribution in [-0.2, 0) is 15.7 Å². The Hall–Kier alpha value is -0.445. The zero-order valence-electron chi connectivity index (χ0n) is 12.2. The third-order valence-corrected chi connectivity index (χ3v) is 5.75. The molecule has 2 aliphatic heterocycles. The number of hydrogen-bond acceptors (Lipinski definition) is 3. The highest BCUT2D eigenvalue weighted by Crippen LogP contribution is 2.38. The molecule has 2 heterocycles. The molecule has 19 heavy (non-hydrogen) atoms. The Kier molecular flexibility index (Phi) is 3.23. The van der Waals surface area contributed by atoms with Crippen molar-refractivity contribution in [3.63, 3.8) is 0 Å². The Morgan fingerprint density at radius 3 is 2.47 bits per heavy atom. The predicted molar refractivity (Wildman–Crippen MR) is 81.2 cm³/mol. The van der Waals surface area contributed by atoms with Gasteiger partial charge in [0.1, 0.15) is 0 Å². The minimum absolute atomic E-state index is 0.231. The average molecular weight is 276 g/mol. The number of benzene rings is 1. The first-order chi connectivity index (χ1) is 8.91. The summed E-state index contributed by atoms with van der Waals surface area (Å²) in [6, 6.07) is 6.51. The van der Waals surface area contributed by atoms with E-state index >= 15 is 0 Å². The Balaban J connectivity index is 1.96. The van der Waals surface area contributed by atoms with E-state index in [1.165, 1.54) is 34.5 Å². The summed E-state index contributed by atoms with van der Waals surface area (Å²) in [6.07, 6.45) is 2.44. The van der Waals surface area contributed by atoms with Gasteiger partial charge in [0.25, 0.3) is 0 Å². The molecule has 0 amide bonds. The van der Waals surface area contributed by atoms with Crippen LogP contribution in [0, 0.1) is 0 Å². The molecule has 0 aromatic heterocycles. The van der Waals surface area contributed by atoms with E-state index in [-0.39, 0.29) is 18.3 Å². The minimum atomic E-state index is -0.264. The molecule has 1 fully saturated rings. The number of fused-ring (bicyclic) bond motifs is 1. The molecule has 0 atom stereocenters. The zero-order chi connectivity index (χ0) is 13.7. The highest BCUT2D eigenvalue weighted by Gasteiger charge is 2.52. The third-order valence-electron chi connectivity index (χ3n) is 4.47. The second-order valence-corrected chi connectivity index (χ2v) is 7.48. The van der Waals surface area contributed by atoms with Crippen molar-refractivity contribution in [2.75, 3.05) is 5.75 Å². The van der Waals surface area contributed by atoms with Crippen LogP contribution >= 0.6 is 11.8 Å². The maximum absolute atomic E-state index is 6.18. The topological polar surface area (TPSA) is 18.5 Å². The minimum Gasteiger partial charge on any atom is -0.399 e. The van der Waals surface area contributed by atoms with Crippen LogP contribution in [0.4, 0.5) is 0 Å². The zero-order valence-corrected chi connectivity index (χ0v) is 13.0. The lowest BCUT2D eigenvalue weighted by Crippen LogP contribution is -2.41. The number of thioether (sulfide) groups is 1. The average Bonchev–Trinajstić information content (AvgIpc) is 2.58. The number of rotatable bonds is 1. The van der Waals surface area contributed by atoms with Crippen LogP contribution in [0.3, 0.4) is 0 Å². The largest absolute Gasteiger partial charge is 0.495 e. The van der Waals surface area contributed by atoms with E-state index in [0.717, 1.165) is 0 Å². The van der Waals surface area contributed by atoms with Gasteiger partial charge in [-0.05, 0) is 57.3 Å². The van der Waals surface area contributed by atoms with Crippen molar-refractivity contribution < 1.29 is 9.31 Å². The summed E-state index contributed by atoms with van der Waals surface area (Å²) in [7, 11) is -0.231. The Labute approximate surface area is 120 Å². The number of aryl methyl sites for hydroxylation is 1. The van der Waals surface area contributed by atoms with E-state index in [9.17, 15) is 0 Å². The van der Waals surface area contributed by atoms with Crippen LogP contribution in [-0.4, -0.2) is 24.1 Å². The Bertz CT molecular complexity index is 483. The van der Waals surface area contributed by atoms with Gasteiger partial charge in [-0.3, -0.25) is 0 Å². The SMILES string of the molecule is CC1(C)OB(c2cccc3c2SCCC3)OC1(C)C. The van der Waals surface area contributed by atoms with Gasteiger partial charge in [0, 0.05) is 4.90 Å². The molecule has 1 aromatic carbocycles. The van der Waals surface area contributed by atoms with Crippen molar-refractivity contribution in [2.45, 2.75) is 56.6 Å². The molecule has 0 saturated carbocycles. The summed E-state index contributed by atoms with van der Waals surface area (Å²) >= 11 is 1.94. The van der Waals surface area contributed by atoms with Crippen molar-refractivity contribution in [1.29, 1.82) is 0 Å². The van der Waals surface area contributed by atoms with Crippen LogP contribution in [0.1, 0.15) is 39.7 Å². The van der Waals surface area contributed by atoms with E-state index in [2.05, 4.69) is 45.9 Å². The molecular formula is C15H21BO2S. The van der Waals surface area contributed by atoms with Gasteiger partial charge in [0.2, 0.25) is 0 Å². The first-order valence-electron chi connectivity index (χ1n) is 7.01. The summed E-state index contributed by atoms with van der Waals surface area (Å²) in [5.74, 6) is 1.20. The van der Waals surface area contributed by atoms with Gasteiger partial charge in [0.05, 0.1) is 11.2 Å². The number of hydrogen-bond donors (Lipinski definition) is 0. The lowest BCUT2D eigenvalue weighted by molar-refractivity contribution is 0.00578. The van der Waals surface area contributed by atoms with Crippen molar-refractivity contribution >= 4 is 24.3 Å². The molecular weight excluding hydrogens is 255 g/mol. The van der Waals surface area contributed by atoms with E-state index in [1.807, 2.05) is 11.8 Å². The third kappa shape index (κ3) is 2.24. The first kappa shape index (κ1) is 13.5. The standard InChI is InChI=1S/C15H21BO2S/c1-14(2)15(3,4)18-16(17-14)12-9-5-7-11-8-6-10-19-13(11)12/h5,7,9H,6,8,10H2,1-4H3. The van der Waals surface area contributed by atoms with E-state index in [1.54, 1.807) is 0 Å². The van der Waals surface area contributed by atoms with Crippen molar-refractivity contribution in [1.82, 2.24) is 0 Å². The Morgan fingerprint density at radius 2 is 1.79 bits per heavy atom. The molecule has 0 spiro atoms. The quantitative estimate of drug-likeness (QED) is 0.735. The van der Waals surface area contributed by atoms with E-state index in [4.69, 9.17) is 9.31 Å². The molecule has 0 unspecified atom stereocenters. The molecule has 4 heteroatoms. The molecule has 1 saturated heterocycles. The molecule has 0 aliphatic carbocycles. The molecule has 2 aliphatic rings. The summed E-state index contributed by atoms with van der Waals surface area (Å²) in [6.45, 7) is 8.43. The molecule has 1 aromatic rings. The molecule has 102 valence electrons. The highest BCUT2D eigenvalue weighted by atomic mass is 32.2. The van der Waals surface area contributed by atoms with Crippen molar-refractivity contribution in [3.05, 3.63) is 23.8 Å². The first-order valence-corrected chi connectivity index (χ1v) is 7.99. The summed E-state index contributed by atoms with van der Waals surface area (Å²) in [4.78, 5) is 1.38. The van der Waals surface area contributed by atoms with Gasteiger partial charge < -0.3 is 9.31 Å². The van der Waals surface area contributed by atoms with Gasteiger partial charge in [-0.15, -0.1) is 11.8 Å². The highest BCUT2D eigenvalue weighted by molar-refractivity contribution is 7.99. The maximum Gasteiger partial charge on any atom is 0.495 e. The summed E-state index contributed by atoms with van der Waals surface area (Å²) in [5.41, 5.74) is 2.13. The van der Waals surface area contributed by atoms with E-state index < -0.39 is 0 Å². The lowest BCUT2D eigenvalue weighted by Gasteiger charge is -2.32. The van der Waals surface area contributed by atoms with Crippen LogP contribution in [0.5, 0.6) is 0 Å². The van der Waals surface area contributed by atoms with Gasteiger partial charge in [-0.2, -0.15) is 0 Å². The van der Waals surface area contributed by atoms with Gasteiger partial charge >= 0.3 is 7.12 Å². The van der Waals surface area contributed by atoms with Crippen LogP contribution in [0.25, 0.3) is 0 Å². The van der Waals surface area contributed by atoms with Gasteiger partial charge in [-0.1, -0.05) is 18.2 Å².